The molecule has 0 radical (unpaired) electrons. The number of aliphatic hydroxyl groups excluding tert-OH is 1. The fourth-order valence-electron chi connectivity index (χ4n) is 0.865. The first kappa shape index (κ1) is 12.8. The smallest absolute Gasteiger partial charge is 0.125 e. The topological polar surface area (TPSA) is 71.0 Å². The van der Waals surface area contributed by atoms with Crippen LogP contribution in [0.1, 0.15) is 27.7 Å². The normalized spacial score (nSPS) is 18.6. The average Bonchev–Trinajstić information content (AvgIpc) is 2.16. The van der Waals surface area contributed by atoms with E-state index in [0.29, 0.717) is 0 Å². The zero-order valence-electron chi connectivity index (χ0n) is 9.23. The minimum atomic E-state index is -0.311. The maximum atomic E-state index is 9.31. The Hall–Kier alpha value is -1.16. The molecule has 0 aromatic carbocycles. The lowest BCUT2D eigenvalue weighted by molar-refractivity contribution is 0.370. The monoisotopic (exact) mass is 197 g/mol. The molecule has 3 N–H and O–H groups in total. The van der Waals surface area contributed by atoms with Crippen molar-refractivity contribution >= 4 is 0 Å². The molecule has 4 nitrogen and oxygen atoms in total. The van der Waals surface area contributed by atoms with E-state index in [1.54, 1.807) is 19.9 Å². The number of nitrogens with two attached hydrogens (primary N) is 1. The second-order valence-corrected chi connectivity index (χ2v) is 3.11. The van der Waals surface area contributed by atoms with E-state index in [0.717, 1.165) is 5.70 Å². The number of azo groups is 1. The third kappa shape index (κ3) is 4.18. The summed E-state index contributed by atoms with van der Waals surface area (Å²) in [7, 11) is 0. The number of aliphatic hydroxyl groups is 1. The van der Waals surface area contributed by atoms with Crippen molar-refractivity contribution in [3.8, 4) is 0 Å². The lowest BCUT2D eigenvalue weighted by atomic mass is 10.2. The van der Waals surface area contributed by atoms with Crippen molar-refractivity contribution in [1.82, 2.24) is 0 Å². The Morgan fingerprint density at radius 1 is 1.29 bits per heavy atom. The maximum Gasteiger partial charge on any atom is 0.125 e. The summed E-state index contributed by atoms with van der Waals surface area (Å²) < 4.78 is 0. The van der Waals surface area contributed by atoms with Gasteiger partial charge in [0.05, 0.1) is 5.70 Å². The fraction of sp³-hybridized carbons (Fsp3) is 0.600. The molecule has 2 atom stereocenters. The van der Waals surface area contributed by atoms with Gasteiger partial charge >= 0.3 is 0 Å². The third-order valence-electron chi connectivity index (χ3n) is 1.83. The van der Waals surface area contributed by atoms with Crippen LogP contribution in [0.2, 0.25) is 0 Å². The predicted molar refractivity (Wildman–Crippen MR) is 58.1 cm³/mol. The van der Waals surface area contributed by atoms with Gasteiger partial charge in [0.1, 0.15) is 11.8 Å². The molecule has 0 aliphatic heterocycles. The Balaban J connectivity index is 4.43. The van der Waals surface area contributed by atoms with Gasteiger partial charge in [-0.2, -0.15) is 10.2 Å². The van der Waals surface area contributed by atoms with Gasteiger partial charge in [-0.3, -0.25) is 0 Å². The highest BCUT2D eigenvalue weighted by molar-refractivity contribution is 5.05. The summed E-state index contributed by atoms with van der Waals surface area (Å²) in [5.74, 6) is 0.217. The lowest BCUT2D eigenvalue weighted by Crippen LogP contribution is -2.16. The quantitative estimate of drug-likeness (QED) is 0.537. The highest BCUT2D eigenvalue weighted by atomic mass is 16.3. The Morgan fingerprint density at radius 3 is 2.21 bits per heavy atom. The van der Waals surface area contributed by atoms with E-state index in [4.69, 9.17) is 5.73 Å². The minimum absolute atomic E-state index is 0.135. The van der Waals surface area contributed by atoms with Crippen LogP contribution in [0.3, 0.4) is 0 Å². The van der Waals surface area contributed by atoms with Crippen LogP contribution in [0.4, 0.5) is 0 Å². The van der Waals surface area contributed by atoms with Crippen molar-refractivity contribution in [2.24, 2.45) is 16.0 Å². The van der Waals surface area contributed by atoms with Crippen molar-refractivity contribution < 1.29 is 5.11 Å². The summed E-state index contributed by atoms with van der Waals surface area (Å²) in [6.07, 6.45) is 3.42. The van der Waals surface area contributed by atoms with Crippen LogP contribution >= 0.6 is 0 Å². The molecule has 0 amide bonds. The molecule has 4 heteroatoms. The zero-order valence-corrected chi connectivity index (χ0v) is 9.23. The Labute approximate surface area is 85.2 Å². The van der Waals surface area contributed by atoms with Crippen LogP contribution in [0.25, 0.3) is 0 Å². The van der Waals surface area contributed by atoms with E-state index in [1.807, 2.05) is 19.9 Å². The highest BCUT2D eigenvalue weighted by Crippen LogP contribution is 2.07. The number of allylic oxidation sites excluding steroid dienone is 2. The molecular formula is C10H19N3O. The van der Waals surface area contributed by atoms with Crippen molar-refractivity contribution in [3.05, 3.63) is 23.6 Å². The predicted octanol–water partition coefficient (Wildman–Crippen LogP) is 2.54. The average molecular weight is 197 g/mol. The molecule has 14 heavy (non-hydrogen) atoms. The van der Waals surface area contributed by atoms with E-state index in [1.165, 1.54) is 0 Å². The van der Waals surface area contributed by atoms with Crippen LogP contribution in [0, 0.1) is 0 Å². The van der Waals surface area contributed by atoms with Crippen molar-refractivity contribution in [2.45, 2.75) is 39.8 Å². The third-order valence-corrected chi connectivity index (χ3v) is 1.83. The Kier molecular flexibility index (Phi) is 5.79. The van der Waals surface area contributed by atoms with Crippen LogP contribution < -0.4 is 5.73 Å². The SMILES string of the molecule is C/C=C(\O)C(C)N=N/C(=C/C)[C@@H](C)N. The van der Waals surface area contributed by atoms with E-state index >= 15 is 0 Å². The maximum absolute atomic E-state index is 9.31. The van der Waals surface area contributed by atoms with E-state index in [-0.39, 0.29) is 17.8 Å². The van der Waals surface area contributed by atoms with Gasteiger partial charge in [-0.25, -0.2) is 0 Å². The molecule has 0 aliphatic rings. The van der Waals surface area contributed by atoms with E-state index < -0.39 is 0 Å². The molecular weight excluding hydrogens is 178 g/mol. The van der Waals surface area contributed by atoms with Gasteiger partial charge in [-0.1, -0.05) is 6.08 Å². The Morgan fingerprint density at radius 2 is 1.86 bits per heavy atom. The van der Waals surface area contributed by atoms with Gasteiger partial charge in [0.2, 0.25) is 0 Å². The summed E-state index contributed by atoms with van der Waals surface area (Å²) >= 11 is 0. The highest BCUT2D eigenvalue weighted by Gasteiger charge is 2.05. The molecule has 0 bridgehead atoms. The van der Waals surface area contributed by atoms with Crippen molar-refractivity contribution in [1.29, 1.82) is 0 Å². The molecule has 80 valence electrons. The first-order valence-electron chi connectivity index (χ1n) is 4.70. The standard InChI is InChI=1S/C10H19N3O/c1-5-9(7(3)11)13-12-8(4)10(14)6-2/h5-8,14H,11H2,1-4H3/b9-5+,10-6-,13-12?/t7-,8?/m1/s1. The molecule has 0 heterocycles. The summed E-state index contributed by atoms with van der Waals surface area (Å²) in [5, 5.41) is 17.2. The van der Waals surface area contributed by atoms with E-state index in [2.05, 4.69) is 10.2 Å². The first-order valence-corrected chi connectivity index (χ1v) is 4.70. The molecule has 0 saturated carbocycles. The molecule has 0 rings (SSSR count). The van der Waals surface area contributed by atoms with Gasteiger partial charge in [-0.05, 0) is 33.8 Å². The summed E-state index contributed by atoms with van der Waals surface area (Å²) in [5.41, 5.74) is 6.37. The molecule has 0 aromatic heterocycles. The number of hydrogen-bond donors (Lipinski definition) is 2. The van der Waals surface area contributed by atoms with Crippen LogP contribution in [0.15, 0.2) is 33.8 Å². The van der Waals surface area contributed by atoms with Crippen molar-refractivity contribution in [3.63, 3.8) is 0 Å². The van der Waals surface area contributed by atoms with Crippen LogP contribution in [-0.4, -0.2) is 17.2 Å². The van der Waals surface area contributed by atoms with E-state index in [9.17, 15) is 5.11 Å². The molecule has 0 aromatic rings. The molecule has 0 fully saturated rings. The first-order chi connectivity index (χ1) is 6.52. The molecule has 0 saturated heterocycles. The summed E-state index contributed by atoms with van der Waals surface area (Å²) in [6.45, 7) is 7.23. The summed E-state index contributed by atoms with van der Waals surface area (Å²) in [4.78, 5) is 0. The van der Waals surface area contributed by atoms with Crippen LogP contribution in [-0.2, 0) is 0 Å². The number of nitrogens with zero attached hydrogens (tertiary/aromatic N) is 2. The second kappa shape index (κ2) is 6.32. The van der Waals surface area contributed by atoms with Gasteiger partial charge in [0, 0.05) is 6.04 Å². The zero-order chi connectivity index (χ0) is 11.1. The lowest BCUT2D eigenvalue weighted by Gasteiger charge is -2.06. The number of rotatable bonds is 4. The van der Waals surface area contributed by atoms with Gasteiger partial charge in [0.15, 0.2) is 0 Å². The van der Waals surface area contributed by atoms with Gasteiger partial charge in [0.25, 0.3) is 0 Å². The molecule has 0 aliphatic carbocycles. The second-order valence-electron chi connectivity index (χ2n) is 3.11. The number of hydrogen-bond acceptors (Lipinski definition) is 4. The molecule has 0 spiro atoms. The Bertz CT molecular complexity index is 254. The minimum Gasteiger partial charge on any atom is -0.510 e. The van der Waals surface area contributed by atoms with Gasteiger partial charge in [-0.15, -0.1) is 0 Å². The largest absolute Gasteiger partial charge is 0.510 e. The van der Waals surface area contributed by atoms with Crippen LogP contribution in [0.5, 0.6) is 0 Å². The van der Waals surface area contributed by atoms with Gasteiger partial charge < -0.3 is 10.8 Å². The fourth-order valence-corrected chi connectivity index (χ4v) is 0.865. The molecule has 1 unspecified atom stereocenters. The van der Waals surface area contributed by atoms with Crippen molar-refractivity contribution in [2.75, 3.05) is 0 Å². The summed E-state index contributed by atoms with van der Waals surface area (Å²) in [6, 6.07) is -0.447.